The van der Waals surface area contributed by atoms with E-state index in [1.807, 2.05) is 0 Å². The number of rotatable bonds is 3. The van der Waals surface area contributed by atoms with Crippen molar-refractivity contribution < 1.29 is 18.0 Å². The average molecular weight is 238 g/mol. The molecule has 0 bridgehead atoms. The molecule has 16 heavy (non-hydrogen) atoms. The summed E-state index contributed by atoms with van der Waals surface area (Å²) in [6, 6.07) is -0.434. The smallest absolute Gasteiger partial charge is 0.333 e. The van der Waals surface area contributed by atoms with Crippen molar-refractivity contribution in [1.29, 1.82) is 0 Å². The Morgan fingerprint density at radius 1 is 1.44 bits per heavy atom. The molecule has 1 amide bonds. The summed E-state index contributed by atoms with van der Waals surface area (Å²) in [7, 11) is 0. The first-order valence-corrected chi connectivity index (χ1v) is 5.53. The van der Waals surface area contributed by atoms with E-state index in [-0.39, 0.29) is 6.54 Å². The van der Waals surface area contributed by atoms with Gasteiger partial charge in [-0.1, -0.05) is 6.42 Å². The summed E-state index contributed by atoms with van der Waals surface area (Å²) in [4.78, 5) is 12.6. The molecule has 0 aliphatic carbocycles. The highest BCUT2D eigenvalue weighted by atomic mass is 19.4. The number of nitrogens with one attached hydrogen (secondary N) is 1. The molecule has 1 rings (SSSR count). The lowest BCUT2D eigenvalue weighted by molar-refractivity contribution is -0.162. The van der Waals surface area contributed by atoms with Gasteiger partial charge in [0.15, 0.2) is 0 Å². The van der Waals surface area contributed by atoms with Gasteiger partial charge in [0.2, 0.25) is 5.91 Å². The Balaban J connectivity index is 2.54. The minimum Gasteiger partial charge on any atom is -0.333 e. The number of likely N-dealkylation sites (N-methyl/N-ethyl adjacent to an activating group) is 1. The first kappa shape index (κ1) is 13.3. The fraction of sp³-hybridized carbons (Fsp3) is 0.900. The number of carbonyl (C=O) groups excluding carboxylic acids is 1. The summed E-state index contributed by atoms with van der Waals surface area (Å²) in [5.41, 5.74) is 0. The molecule has 0 aromatic heterocycles. The summed E-state index contributed by atoms with van der Waals surface area (Å²) >= 11 is 0. The van der Waals surface area contributed by atoms with Gasteiger partial charge in [-0.25, -0.2) is 0 Å². The van der Waals surface area contributed by atoms with Crippen molar-refractivity contribution in [1.82, 2.24) is 10.2 Å². The molecule has 1 atom stereocenters. The fourth-order valence-electron chi connectivity index (χ4n) is 1.84. The first-order valence-electron chi connectivity index (χ1n) is 5.53. The van der Waals surface area contributed by atoms with Gasteiger partial charge in [-0.2, -0.15) is 13.2 Å². The third kappa shape index (κ3) is 4.00. The van der Waals surface area contributed by atoms with Gasteiger partial charge in [-0.3, -0.25) is 4.79 Å². The summed E-state index contributed by atoms with van der Waals surface area (Å²) in [5.74, 6) is -0.431. The molecule has 1 aliphatic rings. The highest BCUT2D eigenvalue weighted by Crippen LogP contribution is 2.18. The summed E-state index contributed by atoms with van der Waals surface area (Å²) in [6.45, 7) is 1.21. The molecule has 0 aromatic rings. The van der Waals surface area contributed by atoms with Gasteiger partial charge in [-0.05, 0) is 26.3 Å². The van der Waals surface area contributed by atoms with E-state index in [0.717, 1.165) is 17.7 Å². The van der Waals surface area contributed by atoms with Crippen LogP contribution < -0.4 is 5.32 Å². The van der Waals surface area contributed by atoms with Crippen molar-refractivity contribution in [3.8, 4) is 0 Å². The Morgan fingerprint density at radius 3 is 2.56 bits per heavy atom. The predicted octanol–water partition coefficient (Wildman–Crippen LogP) is 1.54. The van der Waals surface area contributed by atoms with Crippen LogP contribution in [0.2, 0.25) is 0 Å². The molecule has 0 aromatic carbocycles. The van der Waals surface area contributed by atoms with E-state index in [0.29, 0.717) is 13.0 Å². The van der Waals surface area contributed by atoms with Crippen LogP contribution in [-0.2, 0) is 4.79 Å². The van der Waals surface area contributed by atoms with E-state index in [1.54, 1.807) is 6.92 Å². The molecule has 1 aliphatic heterocycles. The van der Waals surface area contributed by atoms with Crippen LogP contribution in [0.1, 0.15) is 26.2 Å². The van der Waals surface area contributed by atoms with E-state index in [9.17, 15) is 18.0 Å². The van der Waals surface area contributed by atoms with Gasteiger partial charge >= 0.3 is 6.18 Å². The Bertz CT molecular complexity index is 237. The largest absolute Gasteiger partial charge is 0.406 e. The zero-order valence-electron chi connectivity index (χ0n) is 9.31. The zero-order valence-corrected chi connectivity index (χ0v) is 9.31. The van der Waals surface area contributed by atoms with Crippen molar-refractivity contribution in [2.45, 2.75) is 38.4 Å². The number of carbonyl (C=O) groups is 1. The molecule has 1 N–H and O–H groups in total. The van der Waals surface area contributed by atoms with Crippen LogP contribution in [0.5, 0.6) is 0 Å². The quantitative estimate of drug-likeness (QED) is 0.809. The van der Waals surface area contributed by atoms with Crippen molar-refractivity contribution in [3.63, 3.8) is 0 Å². The predicted molar refractivity (Wildman–Crippen MR) is 54.0 cm³/mol. The molecule has 6 heteroatoms. The number of alkyl halides is 3. The zero-order chi connectivity index (χ0) is 12.2. The maximum atomic E-state index is 12.2. The highest BCUT2D eigenvalue weighted by molar-refractivity contribution is 5.82. The van der Waals surface area contributed by atoms with Crippen LogP contribution in [0, 0.1) is 0 Å². The Hall–Kier alpha value is -0.780. The van der Waals surface area contributed by atoms with E-state index < -0.39 is 24.7 Å². The van der Waals surface area contributed by atoms with Crippen LogP contribution in [0.15, 0.2) is 0 Å². The monoisotopic (exact) mass is 238 g/mol. The van der Waals surface area contributed by atoms with Gasteiger partial charge in [0.25, 0.3) is 0 Å². The standard InChI is InChI=1S/C10H17F3N2O/c1-2-15(7-10(11,12)13)9(16)8-5-3-4-6-14-8/h8,14H,2-7H2,1H3. The molecule has 0 spiro atoms. The molecule has 1 fully saturated rings. The molecule has 94 valence electrons. The molecule has 0 saturated carbocycles. The minimum absolute atomic E-state index is 0.0938. The first-order chi connectivity index (χ1) is 7.44. The lowest BCUT2D eigenvalue weighted by atomic mass is 10.0. The summed E-state index contributed by atoms with van der Waals surface area (Å²) in [5, 5.41) is 2.96. The van der Waals surface area contributed by atoms with E-state index in [2.05, 4.69) is 5.32 Å². The van der Waals surface area contributed by atoms with Crippen LogP contribution in [-0.4, -0.2) is 42.7 Å². The second-order valence-electron chi connectivity index (χ2n) is 3.97. The number of nitrogens with zero attached hydrogens (tertiary/aromatic N) is 1. The van der Waals surface area contributed by atoms with Crippen LogP contribution in [0.3, 0.4) is 0 Å². The molecule has 1 saturated heterocycles. The van der Waals surface area contributed by atoms with Crippen molar-refractivity contribution in [2.75, 3.05) is 19.6 Å². The van der Waals surface area contributed by atoms with Gasteiger partial charge in [0, 0.05) is 6.54 Å². The minimum atomic E-state index is -4.32. The number of halogens is 3. The SMILES string of the molecule is CCN(CC(F)(F)F)C(=O)C1CCCCN1. The normalized spacial score (nSPS) is 21.9. The lowest BCUT2D eigenvalue weighted by Crippen LogP contribution is -2.50. The summed E-state index contributed by atoms with van der Waals surface area (Å²) in [6.07, 6.45) is -1.81. The molecule has 1 heterocycles. The van der Waals surface area contributed by atoms with Crippen molar-refractivity contribution in [3.05, 3.63) is 0 Å². The number of hydrogen-bond acceptors (Lipinski definition) is 2. The number of amides is 1. The Labute approximate surface area is 93.0 Å². The third-order valence-electron chi connectivity index (χ3n) is 2.67. The van der Waals surface area contributed by atoms with Gasteiger partial charge in [0.1, 0.15) is 6.54 Å². The van der Waals surface area contributed by atoms with Crippen molar-refractivity contribution in [2.24, 2.45) is 0 Å². The number of hydrogen-bond donors (Lipinski definition) is 1. The van der Waals surface area contributed by atoms with E-state index >= 15 is 0 Å². The summed E-state index contributed by atoms with van der Waals surface area (Å²) < 4.78 is 36.6. The number of piperidine rings is 1. The van der Waals surface area contributed by atoms with Gasteiger partial charge in [0.05, 0.1) is 6.04 Å². The Morgan fingerprint density at radius 2 is 2.12 bits per heavy atom. The topological polar surface area (TPSA) is 32.3 Å². The second kappa shape index (κ2) is 5.52. The Kier molecular flexibility index (Phi) is 4.58. The maximum absolute atomic E-state index is 12.2. The van der Waals surface area contributed by atoms with Gasteiger partial charge < -0.3 is 10.2 Å². The molecular weight excluding hydrogens is 221 g/mol. The maximum Gasteiger partial charge on any atom is 0.406 e. The molecule has 0 radical (unpaired) electrons. The molecule has 3 nitrogen and oxygen atoms in total. The van der Waals surface area contributed by atoms with Crippen LogP contribution >= 0.6 is 0 Å². The van der Waals surface area contributed by atoms with E-state index in [1.165, 1.54) is 0 Å². The van der Waals surface area contributed by atoms with Crippen LogP contribution in [0.25, 0.3) is 0 Å². The van der Waals surface area contributed by atoms with Gasteiger partial charge in [-0.15, -0.1) is 0 Å². The van der Waals surface area contributed by atoms with E-state index in [4.69, 9.17) is 0 Å². The highest BCUT2D eigenvalue weighted by Gasteiger charge is 2.34. The lowest BCUT2D eigenvalue weighted by Gasteiger charge is -2.29. The third-order valence-corrected chi connectivity index (χ3v) is 2.67. The fourth-order valence-corrected chi connectivity index (χ4v) is 1.84. The molecular formula is C10H17F3N2O. The van der Waals surface area contributed by atoms with Crippen LogP contribution in [0.4, 0.5) is 13.2 Å². The second-order valence-corrected chi connectivity index (χ2v) is 3.97. The molecule has 1 unspecified atom stereocenters. The average Bonchev–Trinajstić information content (AvgIpc) is 2.25. The van der Waals surface area contributed by atoms with Crippen molar-refractivity contribution >= 4 is 5.91 Å².